The summed E-state index contributed by atoms with van der Waals surface area (Å²) < 4.78 is 0.858. The number of nitrogens with one attached hydrogen (secondary N) is 1. The van der Waals surface area contributed by atoms with Crippen molar-refractivity contribution in [2.75, 3.05) is 0 Å². The monoisotopic (exact) mass is 317 g/mol. The number of carbonyl (C=O) groups excluding carboxylic acids is 1. The zero-order chi connectivity index (χ0) is 12.4. The van der Waals surface area contributed by atoms with E-state index in [1.807, 2.05) is 0 Å². The summed E-state index contributed by atoms with van der Waals surface area (Å²) in [5, 5.41) is 11.6. The lowest BCUT2D eigenvalue weighted by molar-refractivity contribution is -0.139. The maximum atomic E-state index is 11.8. The van der Waals surface area contributed by atoms with Gasteiger partial charge in [0.25, 0.3) is 5.91 Å². The van der Waals surface area contributed by atoms with Gasteiger partial charge in [-0.3, -0.25) is 4.79 Å². The van der Waals surface area contributed by atoms with Crippen molar-refractivity contribution in [1.29, 1.82) is 0 Å². The highest BCUT2D eigenvalue weighted by Crippen LogP contribution is 2.33. The fourth-order valence-corrected chi connectivity index (χ4v) is 2.86. The zero-order valence-corrected chi connectivity index (χ0v) is 11.4. The molecule has 1 aliphatic rings. The van der Waals surface area contributed by atoms with E-state index in [9.17, 15) is 9.59 Å². The van der Waals surface area contributed by atoms with Crippen molar-refractivity contribution in [3.8, 4) is 0 Å². The smallest absolute Gasteiger partial charge is 0.326 e. The van der Waals surface area contributed by atoms with Crippen molar-refractivity contribution in [2.45, 2.75) is 25.3 Å². The minimum absolute atomic E-state index is 0.311. The minimum atomic E-state index is -0.958. The highest BCUT2D eigenvalue weighted by Gasteiger charge is 2.30. The van der Waals surface area contributed by atoms with Crippen LogP contribution in [0, 0.1) is 5.92 Å². The number of carboxylic acids is 1. The van der Waals surface area contributed by atoms with Crippen molar-refractivity contribution in [3.63, 3.8) is 0 Å². The summed E-state index contributed by atoms with van der Waals surface area (Å²) in [4.78, 5) is 23.3. The predicted octanol–water partition coefficient (Wildman–Crippen LogP) is 2.49. The first kappa shape index (κ1) is 12.6. The number of amides is 1. The van der Waals surface area contributed by atoms with Gasteiger partial charge >= 0.3 is 5.97 Å². The molecule has 1 aromatic heterocycles. The molecule has 1 atom stereocenters. The number of carboxylic acid groups (broad SMARTS) is 1. The lowest BCUT2D eigenvalue weighted by Crippen LogP contribution is -2.40. The van der Waals surface area contributed by atoms with E-state index < -0.39 is 12.0 Å². The molecule has 0 spiro atoms. The first-order chi connectivity index (χ1) is 8.06. The average Bonchev–Trinajstić information content (AvgIpc) is 2.97. The third-order valence-corrected chi connectivity index (χ3v) is 4.29. The first-order valence-corrected chi connectivity index (χ1v) is 6.96. The number of rotatable bonds is 5. The Morgan fingerprint density at radius 3 is 2.71 bits per heavy atom. The fraction of sp³-hybridized carbons (Fsp3) is 0.455. The van der Waals surface area contributed by atoms with E-state index in [1.165, 1.54) is 11.3 Å². The maximum absolute atomic E-state index is 11.8. The van der Waals surface area contributed by atoms with Gasteiger partial charge < -0.3 is 10.4 Å². The molecule has 1 unspecified atom stereocenters. The number of aliphatic carboxylic acids is 1. The van der Waals surface area contributed by atoms with E-state index in [1.54, 1.807) is 12.1 Å². The highest BCUT2D eigenvalue weighted by molar-refractivity contribution is 9.11. The van der Waals surface area contributed by atoms with Gasteiger partial charge in [0.15, 0.2) is 0 Å². The summed E-state index contributed by atoms with van der Waals surface area (Å²) in [5.74, 6) is -0.805. The van der Waals surface area contributed by atoms with Crippen LogP contribution in [0.5, 0.6) is 0 Å². The molecule has 0 bridgehead atoms. The molecule has 2 N–H and O–H groups in total. The van der Waals surface area contributed by atoms with Crippen molar-refractivity contribution in [3.05, 3.63) is 20.8 Å². The Hall–Kier alpha value is -0.880. The third-order valence-electron chi connectivity index (χ3n) is 2.67. The minimum Gasteiger partial charge on any atom is -0.480 e. The van der Waals surface area contributed by atoms with Crippen LogP contribution in [0.25, 0.3) is 0 Å². The van der Waals surface area contributed by atoms with Crippen LogP contribution in [-0.4, -0.2) is 23.0 Å². The molecule has 17 heavy (non-hydrogen) atoms. The van der Waals surface area contributed by atoms with E-state index in [0.717, 1.165) is 16.6 Å². The van der Waals surface area contributed by atoms with Gasteiger partial charge in [-0.05, 0) is 40.4 Å². The van der Waals surface area contributed by atoms with Gasteiger partial charge in [0.1, 0.15) is 6.04 Å². The van der Waals surface area contributed by atoms with Gasteiger partial charge in [-0.15, -0.1) is 11.3 Å². The molecule has 1 heterocycles. The van der Waals surface area contributed by atoms with E-state index in [-0.39, 0.29) is 5.91 Å². The van der Waals surface area contributed by atoms with Crippen LogP contribution < -0.4 is 5.32 Å². The van der Waals surface area contributed by atoms with Crippen molar-refractivity contribution < 1.29 is 14.7 Å². The van der Waals surface area contributed by atoms with Gasteiger partial charge in [-0.1, -0.05) is 12.8 Å². The second kappa shape index (κ2) is 5.18. The van der Waals surface area contributed by atoms with Crippen molar-refractivity contribution >= 4 is 39.1 Å². The Balaban J connectivity index is 1.96. The SMILES string of the molecule is O=C(NC(CC1CC1)C(=O)O)c1ccc(Br)s1. The summed E-state index contributed by atoms with van der Waals surface area (Å²) in [5.41, 5.74) is 0. The Morgan fingerprint density at radius 1 is 1.53 bits per heavy atom. The molecule has 0 radical (unpaired) electrons. The standard InChI is InChI=1S/C11H12BrNO3S/c12-9-4-3-8(17-9)10(14)13-7(11(15)16)5-6-1-2-6/h3-4,6-7H,1-2,5H2,(H,13,14)(H,15,16). The van der Waals surface area contributed by atoms with Gasteiger partial charge in [0, 0.05) is 0 Å². The van der Waals surface area contributed by atoms with Crippen molar-refractivity contribution in [1.82, 2.24) is 5.32 Å². The summed E-state index contributed by atoms with van der Waals surface area (Å²) >= 11 is 4.56. The van der Waals surface area contributed by atoms with Crippen LogP contribution >= 0.6 is 27.3 Å². The van der Waals surface area contributed by atoms with Crippen LogP contribution in [0.4, 0.5) is 0 Å². The molecule has 0 aliphatic heterocycles. The first-order valence-electron chi connectivity index (χ1n) is 5.35. The van der Waals surface area contributed by atoms with Crippen LogP contribution in [0.3, 0.4) is 0 Å². The molecule has 92 valence electrons. The van der Waals surface area contributed by atoms with Crippen molar-refractivity contribution in [2.24, 2.45) is 5.92 Å². The number of hydrogen-bond donors (Lipinski definition) is 2. The van der Waals surface area contributed by atoms with E-state index >= 15 is 0 Å². The molecular weight excluding hydrogens is 306 g/mol. The second-order valence-electron chi connectivity index (χ2n) is 4.15. The Morgan fingerprint density at radius 2 is 2.24 bits per heavy atom. The quantitative estimate of drug-likeness (QED) is 0.876. The Kier molecular flexibility index (Phi) is 3.83. The summed E-state index contributed by atoms with van der Waals surface area (Å²) in [6.07, 6.45) is 2.68. The van der Waals surface area contributed by atoms with Crippen LogP contribution in [-0.2, 0) is 4.79 Å². The number of halogens is 1. The molecule has 0 saturated heterocycles. The van der Waals surface area contributed by atoms with Gasteiger partial charge in [0.05, 0.1) is 8.66 Å². The number of thiophene rings is 1. The molecule has 1 amide bonds. The topological polar surface area (TPSA) is 66.4 Å². The molecule has 4 nitrogen and oxygen atoms in total. The van der Waals surface area contributed by atoms with E-state index in [0.29, 0.717) is 17.2 Å². The summed E-state index contributed by atoms with van der Waals surface area (Å²) in [6.45, 7) is 0. The van der Waals surface area contributed by atoms with Crippen LogP contribution in [0.2, 0.25) is 0 Å². The maximum Gasteiger partial charge on any atom is 0.326 e. The summed E-state index contributed by atoms with van der Waals surface area (Å²) in [6, 6.07) is 2.69. The van der Waals surface area contributed by atoms with Crippen LogP contribution in [0.15, 0.2) is 15.9 Å². The molecule has 1 saturated carbocycles. The summed E-state index contributed by atoms with van der Waals surface area (Å²) in [7, 11) is 0. The molecule has 0 aromatic carbocycles. The van der Waals surface area contributed by atoms with E-state index in [2.05, 4.69) is 21.2 Å². The largest absolute Gasteiger partial charge is 0.480 e. The lowest BCUT2D eigenvalue weighted by Gasteiger charge is -2.13. The van der Waals surface area contributed by atoms with Crippen LogP contribution in [0.1, 0.15) is 28.9 Å². The van der Waals surface area contributed by atoms with Gasteiger partial charge in [-0.25, -0.2) is 4.79 Å². The lowest BCUT2D eigenvalue weighted by atomic mass is 10.1. The Labute approximate surface area is 111 Å². The third kappa shape index (κ3) is 3.54. The van der Waals surface area contributed by atoms with Gasteiger partial charge in [0.2, 0.25) is 0 Å². The zero-order valence-electron chi connectivity index (χ0n) is 8.98. The Bertz CT molecular complexity index is 442. The number of hydrogen-bond acceptors (Lipinski definition) is 3. The molecule has 6 heteroatoms. The molecule has 1 fully saturated rings. The highest BCUT2D eigenvalue weighted by atomic mass is 79.9. The second-order valence-corrected chi connectivity index (χ2v) is 6.61. The fourth-order valence-electron chi connectivity index (χ4n) is 1.57. The van der Waals surface area contributed by atoms with Gasteiger partial charge in [-0.2, -0.15) is 0 Å². The average molecular weight is 318 g/mol. The molecule has 1 aromatic rings. The molecular formula is C11H12BrNO3S. The predicted molar refractivity (Wildman–Crippen MR) is 68.3 cm³/mol. The molecule has 1 aliphatic carbocycles. The normalized spacial score (nSPS) is 16.5. The van der Waals surface area contributed by atoms with E-state index in [4.69, 9.17) is 5.11 Å². The molecule has 2 rings (SSSR count). The number of carbonyl (C=O) groups is 2.